The molecule has 0 spiro atoms. The molecule has 1 aliphatic heterocycles. The molecule has 1 aliphatic rings. The maximum Gasteiger partial charge on any atom is 0.219 e. The molecule has 0 radical (unpaired) electrons. The van der Waals surface area contributed by atoms with Gasteiger partial charge in [0.2, 0.25) is 5.91 Å². The number of aliphatic hydroxyl groups is 1. The summed E-state index contributed by atoms with van der Waals surface area (Å²) in [4.78, 5) is 20.3. The van der Waals surface area contributed by atoms with Gasteiger partial charge in [-0.2, -0.15) is 0 Å². The van der Waals surface area contributed by atoms with Crippen molar-refractivity contribution in [3.63, 3.8) is 0 Å². The topological polar surface area (TPSA) is 80.1 Å². The third-order valence-corrected chi connectivity index (χ3v) is 6.69. The van der Waals surface area contributed by atoms with Crippen molar-refractivity contribution in [2.45, 2.75) is 45.4 Å². The minimum Gasteiger partial charge on any atom is -0.494 e. The van der Waals surface area contributed by atoms with E-state index in [-0.39, 0.29) is 24.9 Å². The second-order valence-corrected chi connectivity index (χ2v) is 9.86. The molecule has 38 heavy (non-hydrogen) atoms. The number of imidazole rings is 1. The quantitative estimate of drug-likeness (QED) is 0.387. The fraction of sp³-hybridized carbons (Fsp3) is 0.448. The van der Waals surface area contributed by atoms with Crippen molar-refractivity contribution in [1.29, 1.82) is 0 Å². The number of aromatic nitrogens is 2. The highest BCUT2D eigenvalue weighted by atomic mass is 19.1. The molecular weight excluding hydrogens is 487 g/mol. The average molecular weight is 525 g/mol. The second-order valence-electron chi connectivity index (χ2n) is 9.86. The molecule has 4 rings (SSSR count). The smallest absolute Gasteiger partial charge is 0.219 e. The molecule has 1 N–H and O–H groups in total. The molecular formula is C29H37FN4O4. The summed E-state index contributed by atoms with van der Waals surface area (Å²) in [5.74, 6) is 1.90. The van der Waals surface area contributed by atoms with Gasteiger partial charge in [0, 0.05) is 58.5 Å². The van der Waals surface area contributed by atoms with Gasteiger partial charge in [0.05, 0.1) is 13.2 Å². The van der Waals surface area contributed by atoms with Crippen LogP contribution in [0.2, 0.25) is 0 Å². The fourth-order valence-corrected chi connectivity index (χ4v) is 4.76. The Morgan fingerprint density at radius 1 is 1.11 bits per heavy atom. The molecule has 0 bridgehead atoms. The number of halogens is 1. The van der Waals surface area contributed by atoms with Crippen molar-refractivity contribution in [2.24, 2.45) is 0 Å². The zero-order valence-electron chi connectivity index (χ0n) is 22.2. The Kier molecular flexibility index (Phi) is 9.36. The van der Waals surface area contributed by atoms with E-state index in [1.807, 2.05) is 36.7 Å². The van der Waals surface area contributed by atoms with Crippen LogP contribution in [0, 0.1) is 5.82 Å². The molecule has 1 fully saturated rings. The number of ether oxygens (including phenoxy) is 2. The van der Waals surface area contributed by atoms with E-state index >= 15 is 0 Å². The number of carbonyl (C=O) groups is 1. The lowest BCUT2D eigenvalue weighted by Crippen LogP contribution is -2.51. The average Bonchev–Trinajstić information content (AvgIpc) is 3.29. The van der Waals surface area contributed by atoms with E-state index in [1.165, 1.54) is 31.2 Å². The van der Waals surface area contributed by atoms with Gasteiger partial charge in [0.25, 0.3) is 0 Å². The molecule has 2 heterocycles. The molecule has 0 unspecified atom stereocenters. The Labute approximate surface area is 223 Å². The first-order chi connectivity index (χ1) is 18.3. The van der Waals surface area contributed by atoms with Gasteiger partial charge in [-0.1, -0.05) is 19.1 Å². The maximum absolute atomic E-state index is 13.2. The first kappa shape index (κ1) is 27.6. The number of carbonyl (C=O) groups excluding carboxylic acids is 1. The van der Waals surface area contributed by atoms with Crippen LogP contribution < -0.4 is 9.47 Å². The minimum atomic E-state index is -1.28. The standard InChI is InChI=1S/C29H37FN4O4/c1-3-28-31-12-14-33(28)13-5-17-37-27-7-4-6-24(18-27)19-32-15-16-34(23(2)35)21-29(36,20-32)22-38-26-10-8-25(30)9-11-26/h4,6-12,14,18,36H,3,5,13,15-17,19-22H2,1-2H3/t29-/m0/s1. The van der Waals surface area contributed by atoms with Gasteiger partial charge in [0.15, 0.2) is 0 Å². The van der Waals surface area contributed by atoms with Crippen LogP contribution in [-0.2, 0) is 24.3 Å². The largest absolute Gasteiger partial charge is 0.494 e. The third-order valence-electron chi connectivity index (χ3n) is 6.69. The van der Waals surface area contributed by atoms with E-state index in [0.29, 0.717) is 38.5 Å². The number of rotatable bonds is 11. The lowest BCUT2D eigenvalue weighted by molar-refractivity contribution is -0.132. The number of aryl methyl sites for hydroxylation is 2. The van der Waals surface area contributed by atoms with E-state index in [4.69, 9.17) is 9.47 Å². The lowest BCUT2D eigenvalue weighted by Gasteiger charge is -2.32. The third kappa shape index (κ3) is 7.79. The molecule has 9 heteroatoms. The molecule has 0 aliphatic carbocycles. The van der Waals surface area contributed by atoms with Crippen molar-refractivity contribution in [3.05, 3.63) is 78.1 Å². The molecule has 1 aromatic heterocycles. The summed E-state index contributed by atoms with van der Waals surface area (Å²) in [6, 6.07) is 13.7. The monoisotopic (exact) mass is 524 g/mol. The van der Waals surface area contributed by atoms with E-state index in [1.54, 1.807) is 4.90 Å². The van der Waals surface area contributed by atoms with Crippen molar-refractivity contribution in [3.8, 4) is 11.5 Å². The highest BCUT2D eigenvalue weighted by molar-refractivity contribution is 5.73. The van der Waals surface area contributed by atoms with Crippen LogP contribution in [0.3, 0.4) is 0 Å². The van der Waals surface area contributed by atoms with Crippen LogP contribution in [-0.4, -0.2) is 75.4 Å². The Morgan fingerprint density at radius 2 is 1.92 bits per heavy atom. The summed E-state index contributed by atoms with van der Waals surface area (Å²) in [5.41, 5.74) is -0.224. The van der Waals surface area contributed by atoms with Crippen molar-refractivity contribution in [2.75, 3.05) is 39.4 Å². The fourth-order valence-electron chi connectivity index (χ4n) is 4.76. The number of hydrogen-bond donors (Lipinski definition) is 1. The van der Waals surface area contributed by atoms with Gasteiger partial charge in [-0.3, -0.25) is 9.69 Å². The van der Waals surface area contributed by atoms with Gasteiger partial charge in [-0.15, -0.1) is 0 Å². The van der Waals surface area contributed by atoms with Crippen LogP contribution in [0.25, 0.3) is 0 Å². The zero-order chi connectivity index (χ0) is 27.0. The van der Waals surface area contributed by atoms with Gasteiger partial charge in [-0.25, -0.2) is 9.37 Å². The molecule has 1 saturated heterocycles. The van der Waals surface area contributed by atoms with E-state index < -0.39 is 5.60 Å². The zero-order valence-corrected chi connectivity index (χ0v) is 22.2. The summed E-state index contributed by atoms with van der Waals surface area (Å²) in [5, 5.41) is 11.5. The van der Waals surface area contributed by atoms with Crippen molar-refractivity contribution in [1.82, 2.24) is 19.4 Å². The number of β-amino-alcohol motifs (C(OH)–C–C–N with tert-alkyl or cyclic N) is 1. The molecule has 3 aromatic rings. The molecule has 0 saturated carbocycles. The molecule has 2 aromatic carbocycles. The first-order valence-electron chi connectivity index (χ1n) is 13.1. The van der Waals surface area contributed by atoms with Crippen LogP contribution >= 0.6 is 0 Å². The Balaban J connectivity index is 1.35. The molecule has 204 valence electrons. The van der Waals surface area contributed by atoms with E-state index in [9.17, 15) is 14.3 Å². The first-order valence-corrected chi connectivity index (χ1v) is 13.1. The van der Waals surface area contributed by atoms with Gasteiger partial charge in [-0.05, 0) is 48.4 Å². The van der Waals surface area contributed by atoms with Gasteiger partial charge in [0.1, 0.15) is 35.3 Å². The SMILES string of the molecule is CCc1nccn1CCCOc1cccc(CN2CCN(C(C)=O)C[C@](O)(COc3ccc(F)cc3)C2)c1. The lowest BCUT2D eigenvalue weighted by atomic mass is 10.0. The maximum atomic E-state index is 13.2. The molecule has 1 atom stereocenters. The summed E-state index contributed by atoms with van der Waals surface area (Å²) in [6.07, 6.45) is 5.61. The number of hydrogen-bond acceptors (Lipinski definition) is 6. The Morgan fingerprint density at radius 3 is 2.68 bits per heavy atom. The predicted octanol–water partition coefficient (Wildman–Crippen LogP) is 3.53. The van der Waals surface area contributed by atoms with Crippen LogP contribution in [0.4, 0.5) is 4.39 Å². The summed E-state index contributed by atoms with van der Waals surface area (Å²) < 4.78 is 27.2. The predicted molar refractivity (Wildman–Crippen MR) is 143 cm³/mol. The van der Waals surface area contributed by atoms with Crippen molar-refractivity contribution < 1.29 is 23.8 Å². The summed E-state index contributed by atoms with van der Waals surface area (Å²) in [7, 11) is 0. The minimum absolute atomic E-state index is 0.0152. The number of amides is 1. The highest BCUT2D eigenvalue weighted by Gasteiger charge is 2.37. The van der Waals surface area contributed by atoms with E-state index in [0.717, 1.165) is 36.5 Å². The number of benzene rings is 2. The van der Waals surface area contributed by atoms with Crippen LogP contribution in [0.1, 0.15) is 31.7 Å². The molecule has 1 amide bonds. The van der Waals surface area contributed by atoms with Crippen molar-refractivity contribution >= 4 is 5.91 Å². The highest BCUT2D eigenvalue weighted by Crippen LogP contribution is 2.21. The van der Waals surface area contributed by atoms with Crippen LogP contribution in [0.15, 0.2) is 60.9 Å². The number of nitrogens with zero attached hydrogens (tertiary/aromatic N) is 4. The van der Waals surface area contributed by atoms with Crippen LogP contribution in [0.5, 0.6) is 11.5 Å². The van der Waals surface area contributed by atoms with Gasteiger partial charge >= 0.3 is 0 Å². The van der Waals surface area contributed by atoms with E-state index in [2.05, 4.69) is 21.4 Å². The summed E-state index contributed by atoms with van der Waals surface area (Å²) in [6.45, 7) is 7.27. The normalized spacial score (nSPS) is 18.3. The Hall–Kier alpha value is -3.43. The molecule has 8 nitrogen and oxygen atoms in total. The van der Waals surface area contributed by atoms with Gasteiger partial charge < -0.3 is 24.0 Å². The summed E-state index contributed by atoms with van der Waals surface area (Å²) >= 11 is 0. The second kappa shape index (κ2) is 12.9. The Bertz CT molecular complexity index is 1190.